The molecule has 0 saturated heterocycles. The molecule has 3 aromatic rings. The number of nitrogens with zero attached hydrogens (tertiary/aromatic N) is 3. The number of hydrogen-bond acceptors (Lipinski definition) is 4. The van der Waals surface area contributed by atoms with Gasteiger partial charge in [-0.1, -0.05) is 24.3 Å². The van der Waals surface area contributed by atoms with Crippen molar-refractivity contribution in [3.05, 3.63) is 64.3 Å². The van der Waals surface area contributed by atoms with E-state index in [0.29, 0.717) is 18.0 Å². The Morgan fingerprint density at radius 1 is 1.27 bits per heavy atom. The van der Waals surface area contributed by atoms with E-state index >= 15 is 0 Å². The van der Waals surface area contributed by atoms with E-state index < -0.39 is 5.60 Å². The van der Waals surface area contributed by atoms with Gasteiger partial charge in [-0.3, -0.25) is 9.48 Å². The van der Waals surface area contributed by atoms with Crippen LogP contribution in [0.15, 0.2) is 36.4 Å². The van der Waals surface area contributed by atoms with Gasteiger partial charge in [-0.15, -0.1) is 0 Å². The molecule has 154 valence electrons. The van der Waals surface area contributed by atoms with Crippen LogP contribution in [0.25, 0.3) is 10.9 Å². The highest BCUT2D eigenvalue weighted by Crippen LogP contribution is 2.42. The molecule has 1 aromatic heterocycles. The van der Waals surface area contributed by atoms with Gasteiger partial charge in [0.25, 0.3) is 0 Å². The normalized spacial score (nSPS) is 14.0. The van der Waals surface area contributed by atoms with E-state index in [2.05, 4.69) is 12.1 Å². The lowest BCUT2D eigenvalue weighted by Crippen LogP contribution is -2.24. The van der Waals surface area contributed by atoms with Crippen LogP contribution in [0.2, 0.25) is 0 Å². The van der Waals surface area contributed by atoms with Crippen molar-refractivity contribution in [1.29, 1.82) is 5.26 Å². The molecule has 0 spiro atoms. The quantitative estimate of drug-likeness (QED) is 0.563. The highest BCUT2D eigenvalue weighted by Gasteiger charge is 2.29. The van der Waals surface area contributed by atoms with Gasteiger partial charge >= 0.3 is 5.97 Å². The lowest BCUT2D eigenvalue weighted by molar-refractivity contribution is -0.153. The molecule has 2 aromatic carbocycles. The van der Waals surface area contributed by atoms with Gasteiger partial charge in [-0.05, 0) is 69.4 Å². The monoisotopic (exact) mass is 401 g/mol. The molecular formula is C25H27N3O2. The lowest BCUT2D eigenvalue weighted by Gasteiger charge is -2.19. The molecular weight excluding hydrogens is 374 g/mol. The summed E-state index contributed by atoms with van der Waals surface area (Å²) in [6, 6.07) is 14.2. The van der Waals surface area contributed by atoms with Crippen molar-refractivity contribution < 1.29 is 9.53 Å². The van der Waals surface area contributed by atoms with Gasteiger partial charge in [0.2, 0.25) is 0 Å². The molecule has 0 aliphatic heterocycles. The molecule has 4 rings (SSSR count). The lowest BCUT2D eigenvalue weighted by atomic mass is 10.0. The van der Waals surface area contributed by atoms with Gasteiger partial charge in [0.1, 0.15) is 5.60 Å². The Hall–Kier alpha value is -3.13. The number of benzene rings is 2. The van der Waals surface area contributed by atoms with Crippen molar-refractivity contribution in [2.45, 2.75) is 65.0 Å². The molecule has 5 heteroatoms. The van der Waals surface area contributed by atoms with Crippen LogP contribution in [-0.4, -0.2) is 21.4 Å². The maximum atomic E-state index is 12.3. The number of ether oxygens (including phenoxy) is 1. The Labute approximate surface area is 177 Å². The Bertz CT molecular complexity index is 1160. The summed E-state index contributed by atoms with van der Waals surface area (Å²) in [5, 5.41) is 15.6. The molecule has 0 atom stereocenters. The zero-order valence-corrected chi connectivity index (χ0v) is 18.0. The first-order chi connectivity index (χ1) is 14.2. The molecule has 1 fully saturated rings. The predicted octanol–water partition coefficient (Wildman–Crippen LogP) is 5.03. The maximum absolute atomic E-state index is 12.3. The number of nitriles is 1. The van der Waals surface area contributed by atoms with Crippen LogP contribution in [0.1, 0.15) is 67.5 Å². The number of carbonyl (C=O) groups excluding carboxylic acids is 1. The van der Waals surface area contributed by atoms with E-state index in [0.717, 1.165) is 33.3 Å². The van der Waals surface area contributed by atoms with E-state index in [1.54, 1.807) is 0 Å². The van der Waals surface area contributed by atoms with E-state index in [4.69, 9.17) is 9.84 Å². The van der Waals surface area contributed by atoms with Crippen molar-refractivity contribution in [2.75, 3.05) is 0 Å². The van der Waals surface area contributed by atoms with Crippen LogP contribution in [0.3, 0.4) is 0 Å². The van der Waals surface area contributed by atoms with Crippen LogP contribution < -0.4 is 0 Å². The molecule has 0 amide bonds. The molecule has 1 aliphatic rings. The first-order valence-corrected chi connectivity index (χ1v) is 10.4. The summed E-state index contributed by atoms with van der Waals surface area (Å²) in [5.41, 5.74) is 5.29. The number of aryl methyl sites for hydroxylation is 1. The summed E-state index contributed by atoms with van der Waals surface area (Å²) in [7, 11) is 0. The minimum absolute atomic E-state index is 0.227. The van der Waals surface area contributed by atoms with E-state index in [1.165, 1.54) is 12.8 Å². The minimum Gasteiger partial charge on any atom is -0.460 e. The molecule has 0 unspecified atom stereocenters. The summed E-state index contributed by atoms with van der Waals surface area (Å²) >= 11 is 0. The van der Waals surface area contributed by atoms with Crippen LogP contribution in [-0.2, 0) is 22.5 Å². The molecule has 0 radical (unpaired) electrons. The maximum Gasteiger partial charge on any atom is 0.310 e. The largest absolute Gasteiger partial charge is 0.460 e. The van der Waals surface area contributed by atoms with Gasteiger partial charge in [-0.2, -0.15) is 10.4 Å². The van der Waals surface area contributed by atoms with Gasteiger partial charge < -0.3 is 4.74 Å². The minimum atomic E-state index is -0.499. The smallest absolute Gasteiger partial charge is 0.310 e. The van der Waals surface area contributed by atoms with Crippen molar-refractivity contribution in [3.63, 3.8) is 0 Å². The van der Waals surface area contributed by atoms with Crippen LogP contribution in [0.5, 0.6) is 0 Å². The topological polar surface area (TPSA) is 67.9 Å². The van der Waals surface area contributed by atoms with Crippen LogP contribution in [0.4, 0.5) is 0 Å². The predicted molar refractivity (Wildman–Crippen MR) is 116 cm³/mol. The number of hydrogen-bond donors (Lipinski definition) is 0. The molecule has 30 heavy (non-hydrogen) atoms. The number of carbonyl (C=O) groups is 1. The molecule has 0 N–H and O–H groups in total. The number of fused-ring (bicyclic) bond motifs is 1. The summed E-state index contributed by atoms with van der Waals surface area (Å²) in [4.78, 5) is 12.3. The third-order valence-electron chi connectivity index (χ3n) is 5.42. The van der Waals surface area contributed by atoms with Crippen molar-refractivity contribution in [2.24, 2.45) is 0 Å². The first-order valence-electron chi connectivity index (χ1n) is 10.4. The third-order valence-corrected chi connectivity index (χ3v) is 5.42. The number of aromatic nitrogens is 2. The highest BCUT2D eigenvalue weighted by molar-refractivity contribution is 5.85. The second kappa shape index (κ2) is 7.60. The second-order valence-corrected chi connectivity index (χ2v) is 9.14. The van der Waals surface area contributed by atoms with Gasteiger partial charge in [-0.25, -0.2) is 0 Å². The van der Waals surface area contributed by atoms with Gasteiger partial charge in [0.15, 0.2) is 0 Å². The van der Waals surface area contributed by atoms with E-state index in [-0.39, 0.29) is 12.4 Å². The average Bonchev–Trinajstić information content (AvgIpc) is 3.45. The Morgan fingerprint density at radius 2 is 2.03 bits per heavy atom. The Morgan fingerprint density at radius 3 is 2.70 bits per heavy atom. The van der Waals surface area contributed by atoms with Crippen molar-refractivity contribution in [1.82, 2.24) is 9.78 Å². The van der Waals surface area contributed by atoms with E-state index in [9.17, 15) is 10.1 Å². The fourth-order valence-electron chi connectivity index (χ4n) is 3.84. The van der Waals surface area contributed by atoms with Crippen LogP contribution in [0, 0.1) is 18.3 Å². The Kier molecular flexibility index (Phi) is 5.11. The van der Waals surface area contributed by atoms with Crippen molar-refractivity contribution in [3.8, 4) is 6.07 Å². The molecule has 5 nitrogen and oxygen atoms in total. The number of rotatable bonds is 5. The molecule has 1 heterocycles. The van der Waals surface area contributed by atoms with Gasteiger partial charge in [0, 0.05) is 11.3 Å². The Balaban J connectivity index is 1.72. The third kappa shape index (κ3) is 4.23. The molecule has 1 aliphatic carbocycles. The summed E-state index contributed by atoms with van der Waals surface area (Å²) in [6.07, 6.45) is 2.56. The van der Waals surface area contributed by atoms with Crippen molar-refractivity contribution >= 4 is 16.9 Å². The standard InChI is InChI=1S/C25H27N3O2/c1-16-6-5-7-19(14-26)21(16)15-28-22-12-17(13-23(29)30-25(2,3)4)8-11-20(22)24(27-28)18-9-10-18/h5-8,11-12,18H,9-10,13,15H2,1-4H3. The SMILES string of the molecule is Cc1cccc(C#N)c1Cn1nc(C2CC2)c2ccc(CC(=O)OC(C)(C)C)cc21. The number of esters is 1. The fourth-order valence-corrected chi connectivity index (χ4v) is 3.84. The van der Waals surface area contributed by atoms with Gasteiger partial charge in [0.05, 0.1) is 35.8 Å². The average molecular weight is 402 g/mol. The van der Waals surface area contributed by atoms with E-state index in [1.807, 2.05) is 62.7 Å². The summed E-state index contributed by atoms with van der Waals surface area (Å²) < 4.78 is 7.47. The second-order valence-electron chi connectivity index (χ2n) is 9.14. The molecule has 0 bridgehead atoms. The summed E-state index contributed by atoms with van der Waals surface area (Å²) in [6.45, 7) is 8.19. The zero-order chi connectivity index (χ0) is 21.5. The van der Waals surface area contributed by atoms with Crippen LogP contribution >= 0.6 is 0 Å². The summed E-state index contributed by atoms with van der Waals surface area (Å²) in [5.74, 6) is 0.277. The highest BCUT2D eigenvalue weighted by atomic mass is 16.6. The zero-order valence-electron chi connectivity index (χ0n) is 18.0. The molecule has 1 saturated carbocycles. The first kappa shape index (κ1) is 20.2. The fraction of sp³-hybridized carbons (Fsp3) is 0.400.